The molecule has 1 saturated heterocycles. The summed E-state index contributed by atoms with van der Waals surface area (Å²) in [5.74, 6) is -0.882. The second-order valence-electron chi connectivity index (χ2n) is 4.55. The molecule has 0 unspecified atom stereocenters. The number of carboxylic acids is 1. The molecule has 1 aromatic carbocycles. The molecule has 1 heterocycles. The summed E-state index contributed by atoms with van der Waals surface area (Å²) < 4.78 is 5.56. The van der Waals surface area contributed by atoms with E-state index in [2.05, 4.69) is 0 Å². The maximum absolute atomic E-state index is 11.5. The average Bonchev–Trinajstić information content (AvgIpc) is 2.30. The van der Waals surface area contributed by atoms with Crippen LogP contribution >= 0.6 is 0 Å². The molecule has 1 atom stereocenters. The lowest BCUT2D eigenvalue weighted by molar-refractivity contribution is -0.176. The van der Waals surface area contributed by atoms with E-state index in [0.29, 0.717) is 19.6 Å². The second kappa shape index (κ2) is 4.85. The summed E-state index contributed by atoms with van der Waals surface area (Å²) in [6.07, 6.45) is 0.410. The van der Waals surface area contributed by atoms with E-state index >= 15 is 0 Å². The van der Waals surface area contributed by atoms with Gasteiger partial charge in [0.15, 0.2) is 5.60 Å². The molecule has 1 aliphatic heterocycles. The Morgan fingerprint density at radius 1 is 1.47 bits per heavy atom. The Hall–Kier alpha value is -1.39. The van der Waals surface area contributed by atoms with Crippen molar-refractivity contribution in [2.75, 3.05) is 26.7 Å². The van der Waals surface area contributed by atoms with Crippen molar-refractivity contribution >= 4 is 5.97 Å². The fourth-order valence-corrected chi connectivity index (χ4v) is 2.20. The van der Waals surface area contributed by atoms with Crippen molar-refractivity contribution in [1.29, 1.82) is 0 Å². The molecule has 0 aliphatic carbocycles. The van der Waals surface area contributed by atoms with Crippen LogP contribution in [0.4, 0.5) is 0 Å². The molecule has 0 bridgehead atoms. The molecule has 0 radical (unpaired) electrons. The fourth-order valence-electron chi connectivity index (χ4n) is 2.20. The number of morpholine rings is 1. The second-order valence-corrected chi connectivity index (χ2v) is 4.55. The van der Waals surface area contributed by atoms with Gasteiger partial charge in [0.05, 0.1) is 6.61 Å². The number of rotatable bonds is 3. The third-order valence-corrected chi connectivity index (χ3v) is 3.10. The van der Waals surface area contributed by atoms with Crippen molar-refractivity contribution in [2.24, 2.45) is 0 Å². The monoisotopic (exact) mass is 235 g/mol. The molecule has 1 fully saturated rings. The zero-order chi connectivity index (χ0) is 12.3. The highest BCUT2D eigenvalue weighted by atomic mass is 16.5. The largest absolute Gasteiger partial charge is 0.479 e. The van der Waals surface area contributed by atoms with Gasteiger partial charge < -0.3 is 14.7 Å². The van der Waals surface area contributed by atoms with Gasteiger partial charge in [0, 0.05) is 19.5 Å². The molecule has 1 aromatic rings. The van der Waals surface area contributed by atoms with Gasteiger partial charge in [0.25, 0.3) is 0 Å². The molecule has 0 saturated carbocycles. The maximum atomic E-state index is 11.5. The Balaban J connectivity index is 2.20. The Morgan fingerprint density at radius 2 is 2.18 bits per heavy atom. The van der Waals surface area contributed by atoms with Crippen LogP contribution in [-0.4, -0.2) is 48.3 Å². The first kappa shape index (κ1) is 12.1. The smallest absolute Gasteiger partial charge is 0.337 e. The SMILES string of the molecule is CN1CCO[C@@](Cc2ccccc2)(C(=O)O)C1. The summed E-state index contributed by atoms with van der Waals surface area (Å²) in [5.41, 5.74) is -0.112. The van der Waals surface area contributed by atoms with E-state index in [-0.39, 0.29) is 0 Å². The minimum absolute atomic E-state index is 0.410. The predicted molar refractivity (Wildman–Crippen MR) is 64.0 cm³/mol. The summed E-state index contributed by atoms with van der Waals surface area (Å²) in [5, 5.41) is 9.42. The molecule has 92 valence electrons. The van der Waals surface area contributed by atoms with Gasteiger partial charge in [-0.2, -0.15) is 0 Å². The predicted octanol–water partition coefficient (Wildman–Crippen LogP) is 1.01. The minimum atomic E-state index is -1.10. The fraction of sp³-hybridized carbons (Fsp3) is 0.462. The van der Waals surface area contributed by atoms with Gasteiger partial charge in [-0.15, -0.1) is 0 Å². The number of ether oxygens (including phenoxy) is 1. The highest BCUT2D eigenvalue weighted by molar-refractivity contribution is 5.78. The lowest BCUT2D eigenvalue weighted by Gasteiger charge is -2.38. The molecule has 1 N–H and O–H groups in total. The summed E-state index contributed by atoms with van der Waals surface area (Å²) in [7, 11) is 1.92. The van der Waals surface area contributed by atoms with Crippen LogP contribution in [0.2, 0.25) is 0 Å². The van der Waals surface area contributed by atoms with Crippen LogP contribution in [0.3, 0.4) is 0 Å². The van der Waals surface area contributed by atoms with Crippen LogP contribution in [0, 0.1) is 0 Å². The van der Waals surface area contributed by atoms with Crippen molar-refractivity contribution < 1.29 is 14.6 Å². The number of aliphatic carboxylic acids is 1. The molecule has 0 amide bonds. The zero-order valence-corrected chi connectivity index (χ0v) is 9.93. The quantitative estimate of drug-likeness (QED) is 0.849. The van der Waals surface area contributed by atoms with E-state index in [0.717, 1.165) is 12.1 Å². The van der Waals surface area contributed by atoms with E-state index in [1.54, 1.807) is 0 Å². The summed E-state index contributed by atoms with van der Waals surface area (Å²) in [4.78, 5) is 13.5. The van der Waals surface area contributed by atoms with Crippen LogP contribution in [0.15, 0.2) is 30.3 Å². The lowest BCUT2D eigenvalue weighted by Crippen LogP contribution is -2.56. The highest BCUT2D eigenvalue weighted by Crippen LogP contribution is 2.23. The Bertz CT molecular complexity index is 393. The van der Waals surface area contributed by atoms with Crippen LogP contribution in [0.1, 0.15) is 5.56 Å². The van der Waals surface area contributed by atoms with Crippen LogP contribution in [-0.2, 0) is 16.0 Å². The number of carbonyl (C=O) groups is 1. The topological polar surface area (TPSA) is 49.8 Å². The molecule has 0 aromatic heterocycles. The van der Waals surface area contributed by atoms with E-state index in [1.165, 1.54) is 0 Å². The first-order valence-corrected chi connectivity index (χ1v) is 5.72. The van der Waals surface area contributed by atoms with Crippen molar-refractivity contribution in [2.45, 2.75) is 12.0 Å². The van der Waals surface area contributed by atoms with Gasteiger partial charge in [-0.05, 0) is 12.6 Å². The standard InChI is InChI=1S/C13H17NO3/c1-14-7-8-17-13(10-14,12(15)16)9-11-5-3-2-4-6-11/h2-6H,7-10H2,1H3,(H,15,16)/t13-/m1/s1. The molecule has 4 heteroatoms. The lowest BCUT2D eigenvalue weighted by atomic mass is 9.92. The van der Waals surface area contributed by atoms with Crippen molar-refractivity contribution in [1.82, 2.24) is 4.90 Å². The van der Waals surface area contributed by atoms with Crippen LogP contribution < -0.4 is 0 Å². The van der Waals surface area contributed by atoms with E-state index in [4.69, 9.17) is 4.74 Å². The van der Waals surface area contributed by atoms with Gasteiger partial charge in [0.1, 0.15) is 0 Å². The number of hydrogen-bond acceptors (Lipinski definition) is 3. The number of hydrogen-bond donors (Lipinski definition) is 1. The summed E-state index contributed by atoms with van der Waals surface area (Å²) in [6, 6.07) is 9.62. The van der Waals surface area contributed by atoms with Crippen molar-refractivity contribution in [3.05, 3.63) is 35.9 Å². The van der Waals surface area contributed by atoms with Gasteiger partial charge in [0.2, 0.25) is 0 Å². The number of nitrogens with zero attached hydrogens (tertiary/aromatic N) is 1. The zero-order valence-electron chi connectivity index (χ0n) is 9.93. The molecule has 17 heavy (non-hydrogen) atoms. The van der Waals surface area contributed by atoms with Crippen LogP contribution in [0.5, 0.6) is 0 Å². The molecule has 4 nitrogen and oxygen atoms in total. The van der Waals surface area contributed by atoms with Gasteiger partial charge >= 0.3 is 5.97 Å². The van der Waals surface area contributed by atoms with Gasteiger partial charge in [-0.25, -0.2) is 4.79 Å². The van der Waals surface area contributed by atoms with E-state index in [9.17, 15) is 9.90 Å². The third-order valence-electron chi connectivity index (χ3n) is 3.10. The summed E-state index contributed by atoms with van der Waals surface area (Å²) >= 11 is 0. The summed E-state index contributed by atoms with van der Waals surface area (Å²) in [6.45, 7) is 1.68. The van der Waals surface area contributed by atoms with Gasteiger partial charge in [-0.3, -0.25) is 0 Å². The molecule has 2 rings (SSSR count). The molecular weight excluding hydrogens is 218 g/mol. The average molecular weight is 235 g/mol. The van der Waals surface area contributed by atoms with Crippen LogP contribution in [0.25, 0.3) is 0 Å². The molecule has 1 aliphatic rings. The molecule has 0 spiro atoms. The molecular formula is C13H17NO3. The van der Waals surface area contributed by atoms with E-state index in [1.807, 2.05) is 42.3 Å². The maximum Gasteiger partial charge on any atom is 0.337 e. The Morgan fingerprint density at radius 3 is 2.76 bits per heavy atom. The van der Waals surface area contributed by atoms with Gasteiger partial charge in [-0.1, -0.05) is 30.3 Å². The van der Waals surface area contributed by atoms with E-state index < -0.39 is 11.6 Å². The highest BCUT2D eigenvalue weighted by Gasteiger charge is 2.43. The first-order valence-electron chi connectivity index (χ1n) is 5.72. The van der Waals surface area contributed by atoms with Crippen molar-refractivity contribution in [3.8, 4) is 0 Å². The Labute approximate surface area is 101 Å². The number of likely N-dealkylation sites (N-methyl/N-ethyl adjacent to an activating group) is 1. The third kappa shape index (κ3) is 2.65. The number of benzene rings is 1. The van der Waals surface area contributed by atoms with Crippen molar-refractivity contribution in [3.63, 3.8) is 0 Å². The minimum Gasteiger partial charge on any atom is -0.479 e. The first-order chi connectivity index (χ1) is 8.12. The number of carboxylic acid groups (broad SMARTS) is 1. The normalized spacial score (nSPS) is 25.7. The Kier molecular flexibility index (Phi) is 3.45.